The van der Waals surface area contributed by atoms with Gasteiger partial charge in [0.25, 0.3) is 0 Å². The molecular weight excluding hydrogens is 246 g/mol. The molecular formula is C13H21N3OS. The second kappa shape index (κ2) is 8.00. The number of hydrogen-bond donors (Lipinski definition) is 2. The number of aromatic nitrogens is 1. The third kappa shape index (κ3) is 5.93. The molecule has 0 fully saturated rings. The summed E-state index contributed by atoms with van der Waals surface area (Å²) in [6.45, 7) is 6.69. The van der Waals surface area contributed by atoms with E-state index in [1.165, 1.54) is 0 Å². The lowest BCUT2D eigenvalue weighted by Gasteiger charge is -2.08. The minimum atomic E-state index is 0.318. The van der Waals surface area contributed by atoms with Gasteiger partial charge in [0.15, 0.2) is 0 Å². The normalized spacial score (nSPS) is 10.6. The molecule has 1 heterocycles. The monoisotopic (exact) mass is 267 g/mol. The van der Waals surface area contributed by atoms with Crippen LogP contribution >= 0.6 is 12.2 Å². The van der Waals surface area contributed by atoms with Crippen molar-refractivity contribution in [2.24, 2.45) is 11.7 Å². The standard InChI is InChI=1S/C13H21N3OS/c1-10(2)9-17-8-4-7-15-12-6-3-5-11(16-12)13(14)18/h3,5-6,10H,4,7-9H2,1-2H3,(H2,14,18)(H,15,16). The molecule has 0 saturated heterocycles. The summed E-state index contributed by atoms with van der Waals surface area (Å²) in [6.07, 6.45) is 0.950. The molecule has 100 valence electrons. The highest BCUT2D eigenvalue weighted by Crippen LogP contribution is 2.04. The lowest BCUT2D eigenvalue weighted by atomic mass is 10.2. The Labute approximate surface area is 114 Å². The number of nitrogens with zero attached hydrogens (tertiary/aromatic N) is 1. The van der Waals surface area contributed by atoms with Crippen molar-refractivity contribution >= 4 is 23.0 Å². The Morgan fingerprint density at radius 1 is 1.50 bits per heavy atom. The van der Waals surface area contributed by atoms with Crippen LogP contribution in [0.5, 0.6) is 0 Å². The Hall–Kier alpha value is -1.20. The number of nitrogens with one attached hydrogen (secondary N) is 1. The van der Waals surface area contributed by atoms with E-state index in [-0.39, 0.29) is 0 Å². The van der Waals surface area contributed by atoms with Crippen LogP contribution in [0.4, 0.5) is 5.82 Å². The van der Waals surface area contributed by atoms with Gasteiger partial charge in [0.05, 0.1) is 5.69 Å². The van der Waals surface area contributed by atoms with Gasteiger partial charge in [-0.1, -0.05) is 32.1 Å². The first-order valence-electron chi connectivity index (χ1n) is 6.18. The molecule has 0 spiro atoms. The van der Waals surface area contributed by atoms with Gasteiger partial charge >= 0.3 is 0 Å². The number of hydrogen-bond acceptors (Lipinski definition) is 4. The van der Waals surface area contributed by atoms with E-state index < -0.39 is 0 Å². The fourth-order valence-electron chi connectivity index (χ4n) is 1.38. The van der Waals surface area contributed by atoms with E-state index >= 15 is 0 Å². The maximum absolute atomic E-state index is 5.53. The summed E-state index contributed by atoms with van der Waals surface area (Å²) in [5, 5.41) is 3.22. The number of pyridine rings is 1. The van der Waals surface area contributed by atoms with Gasteiger partial charge in [-0.15, -0.1) is 0 Å². The second-order valence-corrected chi connectivity index (χ2v) is 4.96. The largest absolute Gasteiger partial charge is 0.388 e. The van der Waals surface area contributed by atoms with Crippen molar-refractivity contribution < 1.29 is 4.74 Å². The molecule has 18 heavy (non-hydrogen) atoms. The third-order valence-electron chi connectivity index (χ3n) is 2.22. The summed E-state index contributed by atoms with van der Waals surface area (Å²) >= 11 is 4.88. The number of anilines is 1. The Morgan fingerprint density at radius 3 is 2.94 bits per heavy atom. The molecule has 0 bridgehead atoms. The Kier molecular flexibility index (Phi) is 6.60. The van der Waals surface area contributed by atoms with Gasteiger partial charge in [-0.2, -0.15) is 0 Å². The van der Waals surface area contributed by atoms with E-state index in [1.807, 2.05) is 12.1 Å². The fraction of sp³-hybridized carbons (Fsp3) is 0.538. The summed E-state index contributed by atoms with van der Waals surface area (Å²) in [4.78, 5) is 4.62. The smallest absolute Gasteiger partial charge is 0.126 e. The van der Waals surface area contributed by atoms with Gasteiger partial charge in [-0.05, 0) is 24.5 Å². The maximum atomic E-state index is 5.53. The first kappa shape index (κ1) is 14.9. The van der Waals surface area contributed by atoms with Gasteiger partial charge in [0.2, 0.25) is 0 Å². The minimum Gasteiger partial charge on any atom is -0.388 e. The van der Waals surface area contributed by atoms with Crippen molar-refractivity contribution in [3.05, 3.63) is 23.9 Å². The molecule has 0 radical (unpaired) electrons. The molecule has 0 aliphatic carbocycles. The lowest BCUT2D eigenvalue weighted by molar-refractivity contribution is 0.110. The van der Waals surface area contributed by atoms with E-state index in [4.69, 9.17) is 22.7 Å². The SMILES string of the molecule is CC(C)COCCCNc1cccc(C(N)=S)n1. The summed E-state index contributed by atoms with van der Waals surface area (Å²) in [7, 11) is 0. The maximum Gasteiger partial charge on any atom is 0.126 e. The molecule has 0 atom stereocenters. The number of nitrogens with two attached hydrogens (primary N) is 1. The molecule has 0 unspecified atom stereocenters. The predicted molar refractivity (Wildman–Crippen MR) is 78.9 cm³/mol. The summed E-state index contributed by atoms with van der Waals surface area (Å²) in [5.41, 5.74) is 6.17. The molecule has 1 aromatic rings. The average molecular weight is 267 g/mol. The highest BCUT2D eigenvalue weighted by molar-refractivity contribution is 7.80. The predicted octanol–water partition coefficient (Wildman–Crippen LogP) is 2.19. The van der Waals surface area contributed by atoms with E-state index in [9.17, 15) is 0 Å². The van der Waals surface area contributed by atoms with Crippen LogP contribution in [0.3, 0.4) is 0 Å². The van der Waals surface area contributed by atoms with Gasteiger partial charge in [0, 0.05) is 19.8 Å². The molecule has 4 nitrogen and oxygen atoms in total. The van der Waals surface area contributed by atoms with Crippen LogP contribution in [0.25, 0.3) is 0 Å². The molecule has 0 amide bonds. The summed E-state index contributed by atoms with van der Waals surface area (Å²) in [6, 6.07) is 5.59. The molecule has 0 aliphatic rings. The zero-order valence-electron chi connectivity index (χ0n) is 11.0. The van der Waals surface area contributed by atoms with Crippen molar-refractivity contribution in [1.29, 1.82) is 0 Å². The minimum absolute atomic E-state index is 0.318. The highest BCUT2D eigenvalue weighted by Gasteiger charge is 1.99. The third-order valence-corrected chi connectivity index (χ3v) is 2.43. The Balaban J connectivity index is 2.23. The number of rotatable bonds is 8. The van der Waals surface area contributed by atoms with Crippen LogP contribution < -0.4 is 11.1 Å². The van der Waals surface area contributed by atoms with Crippen molar-refractivity contribution in [2.75, 3.05) is 25.1 Å². The molecule has 3 N–H and O–H groups in total. The van der Waals surface area contributed by atoms with Gasteiger partial charge < -0.3 is 15.8 Å². The first-order chi connectivity index (χ1) is 8.59. The van der Waals surface area contributed by atoms with Gasteiger partial charge in [-0.25, -0.2) is 4.98 Å². The van der Waals surface area contributed by atoms with Crippen LogP contribution in [0, 0.1) is 5.92 Å². The van der Waals surface area contributed by atoms with Crippen LogP contribution in [-0.4, -0.2) is 29.7 Å². The molecule has 1 rings (SSSR count). The molecule has 5 heteroatoms. The zero-order chi connectivity index (χ0) is 13.4. The van der Waals surface area contributed by atoms with Crippen molar-refractivity contribution in [3.8, 4) is 0 Å². The molecule has 0 aliphatic heterocycles. The second-order valence-electron chi connectivity index (χ2n) is 4.52. The summed E-state index contributed by atoms with van der Waals surface area (Å²) in [5.74, 6) is 1.38. The van der Waals surface area contributed by atoms with Crippen LogP contribution in [0.15, 0.2) is 18.2 Å². The first-order valence-corrected chi connectivity index (χ1v) is 6.59. The molecule has 1 aromatic heterocycles. The van der Waals surface area contributed by atoms with Crippen molar-refractivity contribution in [1.82, 2.24) is 4.98 Å². The van der Waals surface area contributed by atoms with Crippen LogP contribution in [-0.2, 0) is 4.74 Å². The van der Waals surface area contributed by atoms with Gasteiger partial charge in [-0.3, -0.25) is 0 Å². The van der Waals surface area contributed by atoms with Crippen LogP contribution in [0.1, 0.15) is 26.0 Å². The Bertz CT molecular complexity index is 382. The molecule has 0 aromatic carbocycles. The van der Waals surface area contributed by atoms with Crippen LogP contribution in [0.2, 0.25) is 0 Å². The quantitative estimate of drug-likeness (QED) is 0.558. The zero-order valence-corrected chi connectivity index (χ0v) is 11.8. The van der Waals surface area contributed by atoms with Crippen molar-refractivity contribution in [2.45, 2.75) is 20.3 Å². The van der Waals surface area contributed by atoms with E-state index in [2.05, 4.69) is 24.1 Å². The topological polar surface area (TPSA) is 60.2 Å². The average Bonchev–Trinajstić information content (AvgIpc) is 2.33. The van der Waals surface area contributed by atoms with E-state index in [1.54, 1.807) is 6.07 Å². The summed E-state index contributed by atoms with van der Waals surface area (Å²) < 4.78 is 5.49. The Morgan fingerprint density at radius 2 is 2.28 bits per heavy atom. The number of ether oxygens (including phenoxy) is 1. The van der Waals surface area contributed by atoms with Gasteiger partial charge in [0.1, 0.15) is 10.8 Å². The van der Waals surface area contributed by atoms with Crippen molar-refractivity contribution in [3.63, 3.8) is 0 Å². The fourth-order valence-corrected chi connectivity index (χ4v) is 1.49. The molecule has 0 saturated carbocycles. The number of thiocarbonyl (C=S) groups is 1. The highest BCUT2D eigenvalue weighted by atomic mass is 32.1. The van der Waals surface area contributed by atoms with E-state index in [0.717, 1.165) is 32.0 Å². The van der Waals surface area contributed by atoms with E-state index in [0.29, 0.717) is 16.6 Å². The lowest BCUT2D eigenvalue weighted by Crippen LogP contribution is -2.13.